The number of carbonyl (C=O) groups is 1. The Labute approximate surface area is 134 Å². The Bertz CT molecular complexity index is 681. The normalized spacial score (nSPS) is 15.4. The molecular weight excluding hydrogens is 295 g/mol. The summed E-state index contributed by atoms with van der Waals surface area (Å²) >= 11 is 0. The first kappa shape index (κ1) is 15.7. The molecule has 3 rings (SSSR count). The van der Waals surface area contributed by atoms with Crippen LogP contribution in [0.15, 0.2) is 36.7 Å². The van der Waals surface area contributed by atoms with Crippen molar-refractivity contribution in [2.24, 2.45) is 13.0 Å². The van der Waals surface area contributed by atoms with Gasteiger partial charge in [0.05, 0.1) is 6.54 Å². The lowest BCUT2D eigenvalue weighted by molar-refractivity contribution is -0.120. The third kappa shape index (κ3) is 4.16. The molecule has 1 aromatic carbocycles. The van der Waals surface area contributed by atoms with Crippen molar-refractivity contribution in [3.8, 4) is 0 Å². The van der Waals surface area contributed by atoms with Gasteiger partial charge in [-0.25, -0.2) is 9.37 Å². The maximum atomic E-state index is 13.6. The lowest BCUT2D eigenvalue weighted by Crippen LogP contribution is -2.38. The molecule has 0 aliphatic heterocycles. The monoisotopic (exact) mass is 316 g/mol. The minimum atomic E-state index is -0.471. The fourth-order valence-electron chi connectivity index (χ4n) is 2.56. The van der Waals surface area contributed by atoms with Gasteiger partial charge in [-0.1, -0.05) is 12.1 Å². The largest absolute Gasteiger partial charge is 0.341 e. The predicted octanol–water partition coefficient (Wildman–Crippen LogP) is 1.76. The topological polar surface area (TPSA) is 59.0 Å². The molecule has 1 heterocycles. The summed E-state index contributed by atoms with van der Waals surface area (Å²) in [6, 6.07) is 5.77. The van der Waals surface area contributed by atoms with E-state index in [1.165, 1.54) is 25.0 Å². The Morgan fingerprint density at radius 3 is 2.96 bits per heavy atom. The fourth-order valence-corrected chi connectivity index (χ4v) is 2.56. The average molecular weight is 316 g/mol. The molecule has 122 valence electrons. The predicted molar refractivity (Wildman–Crippen MR) is 85.2 cm³/mol. The highest BCUT2D eigenvalue weighted by atomic mass is 19.1. The van der Waals surface area contributed by atoms with E-state index in [9.17, 15) is 9.18 Å². The summed E-state index contributed by atoms with van der Waals surface area (Å²) in [5.41, 5.74) is 0.676. The molecular formula is C17H21FN4O. The number of aryl methyl sites for hydroxylation is 1. The van der Waals surface area contributed by atoms with E-state index in [0.29, 0.717) is 11.4 Å². The van der Waals surface area contributed by atoms with Gasteiger partial charge in [-0.05, 0) is 43.0 Å². The van der Waals surface area contributed by atoms with Crippen LogP contribution in [0.25, 0.3) is 0 Å². The van der Waals surface area contributed by atoms with E-state index in [1.54, 1.807) is 24.5 Å². The van der Waals surface area contributed by atoms with Crippen LogP contribution in [0, 0.1) is 11.7 Å². The zero-order valence-electron chi connectivity index (χ0n) is 13.1. The van der Waals surface area contributed by atoms with E-state index in [-0.39, 0.29) is 18.3 Å². The van der Waals surface area contributed by atoms with Gasteiger partial charge in [0.1, 0.15) is 17.7 Å². The van der Waals surface area contributed by atoms with Crippen LogP contribution < -0.4 is 10.6 Å². The number of amides is 1. The molecule has 1 saturated carbocycles. The van der Waals surface area contributed by atoms with Gasteiger partial charge in [0.15, 0.2) is 0 Å². The number of benzene rings is 1. The molecule has 1 aromatic heterocycles. The summed E-state index contributed by atoms with van der Waals surface area (Å²) in [6.45, 7) is 1.13. The molecule has 0 radical (unpaired) electrons. The molecule has 0 saturated heterocycles. The van der Waals surface area contributed by atoms with Gasteiger partial charge in [0.25, 0.3) is 0 Å². The molecule has 0 bridgehead atoms. The van der Waals surface area contributed by atoms with Crippen molar-refractivity contribution in [3.63, 3.8) is 0 Å². The van der Waals surface area contributed by atoms with Crippen molar-refractivity contribution in [2.75, 3.05) is 13.1 Å². The third-order valence-corrected chi connectivity index (χ3v) is 4.02. The number of carbonyl (C=O) groups excluding carboxylic acids is 1. The SMILES string of the molecule is Cn1ccnc1C(NC(=O)CNCC1CC1)c1cccc(F)c1. The second-order valence-electron chi connectivity index (χ2n) is 6.03. The van der Waals surface area contributed by atoms with E-state index in [1.807, 2.05) is 11.6 Å². The summed E-state index contributed by atoms with van der Waals surface area (Å²) in [6.07, 6.45) is 5.96. The highest BCUT2D eigenvalue weighted by molar-refractivity contribution is 5.78. The van der Waals surface area contributed by atoms with E-state index in [0.717, 1.165) is 12.5 Å². The van der Waals surface area contributed by atoms with Gasteiger partial charge in [0, 0.05) is 19.4 Å². The summed E-state index contributed by atoms with van der Waals surface area (Å²) in [5.74, 6) is 0.938. The molecule has 2 aromatic rings. The first-order chi connectivity index (χ1) is 11.1. The van der Waals surface area contributed by atoms with Crippen LogP contribution in [-0.2, 0) is 11.8 Å². The molecule has 1 fully saturated rings. The Kier molecular flexibility index (Phi) is 4.71. The molecule has 2 N–H and O–H groups in total. The number of imidazole rings is 1. The first-order valence-corrected chi connectivity index (χ1v) is 7.86. The van der Waals surface area contributed by atoms with Crippen LogP contribution in [0.5, 0.6) is 0 Å². The van der Waals surface area contributed by atoms with E-state index >= 15 is 0 Å². The molecule has 23 heavy (non-hydrogen) atoms. The van der Waals surface area contributed by atoms with Gasteiger partial charge in [-0.2, -0.15) is 0 Å². The molecule has 0 spiro atoms. The van der Waals surface area contributed by atoms with Gasteiger partial charge in [-0.3, -0.25) is 4.79 Å². The lowest BCUT2D eigenvalue weighted by atomic mass is 10.1. The van der Waals surface area contributed by atoms with Crippen molar-refractivity contribution in [2.45, 2.75) is 18.9 Å². The molecule has 6 heteroatoms. The van der Waals surface area contributed by atoms with E-state index in [4.69, 9.17) is 0 Å². The van der Waals surface area contributed by atoms with Crippen LogP contribution in [-0.4, -0.2) is 28.5 Å². The second-order valence-corrected chi connectivity index (χ2v) is 6.03. The Balaban J connectivity index is 1.72. The van der Waals surface area contributed by atoms with E-state index < -0.39 is 6.04 Å². The van der Waals surface area contributed by atoms with Crippen LogP contribution in [0.1, 0.15) is 30.3 Å². The number of rotatable bonds is 7. The highest BCUT2D eigenvalue weighted by Crippen LogP contribution is 2.27. The van der Waals surface area contributed by atoms with Gasteiger partial charge in [-0.15, -0.1) is 0 Å². The van der Waals surface area contributed by atoms with E-state index in [2.05, 4.69) is 15.6 Å². The zero-order valence-corrected chi connectivity index (χ0v) is 13.1. The van der Waals surface area contributed by atoms with Gasteiger partial charge < -0.3 is 15.2 Å². The molecule has 1 unspecified atom stereocenters. The number of aromatic nitrogens is 2. The fraction of sp³-hybridized carbons (Fsp3) is 0.412. The molecule has 5 nitrogen and oxygen atoms in total. The van der Waals surface area contributed by atoms with Crippen LogP contribution in [0.4, 0.5) is 4.39 Å². The second kappa shape index (κ2) is 6.91. The lowest BCUT2D eigenvalue weighted by Gasteiger charge is -2.19. The Morgan fingerprint density at radius 1 is 1.48 bits per heavy atom. The summed E-state index contributed by atoms with van der Waals surface area (Å²) in [4.78, 5) is 16.5. The summed E-state index contributed by atoms with van der Waals surface area (Å²) in [7, 11) is 1.85. The minimum absolute atomic E-state index is 0.122. The highest BCUT2D eigenvalue weighted by Gasteiger charge is 2.23. The van der Waals surface area contributed by atoms with Crippen LogP contribution in [0.2, 0.25) is 0 Å². The standard InChI is InChI=1S/C17H21FN4O/c1-22-8-7-20-17(22)16(13-3-2-4-14(18)9-13)21-15(23)11-19-10-12-5-6-12/h2-4,7-9,12,16,19H,5-6,10-11H2,1H3,(H,21,23). The smallest absolute Gasteiger partial charge is 0.234 e. The zero-order chi connectivity index (χ0) is 16.2. The first-order valence-electron chi connectivity index (χ1n) is 7.86. The minimum Gasteiger partial charge on any atom is -0.341 e. The maximum absolute atomic E-state index is 13.6. The van der Waals surface area contributed by atoms with Crippen molar-refractivity contribution in [1.29, 1.82) is 0 Å². The number of hydrogen-bond acceptors (Lipinski definition) is 3. The van der Waals surface area contributed by atoms with Gasteiger partial charge >= 0.3 is 0 Å². The number of nitrogens with one attached hydrogen (secondary N) is 2. The quantitative estimate of drug-likeness (QED) is 0.818. The molecule has 1 aliphatic carbocycles. The summed E-state index contributed by atoms with van der Waals surface area (Å²) in [5, 5.41) is 6.11. The maximum Gasteiger partial charge on any atom is 0.234 e. The molecule has 1 amide bonds. The average Bonchev–Trinajstić information content (AvgIpc) is 3.25. The Morgan fingerprint density at radius 2 is 2.30 bits per heavy atom. The van der Waals surface area contributed by atoms with Crippen molar-refractivity contribution in [3.05, 3.63) is 53.9 Å². The van der Waals surface area contributed by atoms with Crippen molar-refractivity contribution < 1.29 is 9.18 Å². The van der Waals surface area contributed by atoms with Gasteiger partial charge in [0.2, 0.25) is 5.91 Å². The third-order valence-electron chi connectivity index (χ3n) is 4.02. The molecule has 1 atom stereocenters. The number of hydrogen-bond donors (Lipinski definition) is 2. The van der Waals surface area contributed by atoms with Crippen LogP contribution in [0.3, 0.4) is 0 Å². The number of nitrogens with zero attached hydrogens (tertiary/aromatic N) is 2. The Hall–Kier alpha value is -2.21. The van der Waals surface area contributed by atoms with Crippen molar-refractivity contribution in [1.82, 2.24) is 20.2 Å². The molecule has 1 aliphatic rings. The van der Waals surface area contributed by atoms with Crippen molar-refractivity contribution >= 4 is 5.91 Å². The number of halogens is 1. The van der Waals surface area contributed by atoms with Crippen LogP contribution >= 0.6 is 0 Å². The summed E-state index contributed by atoms with van der Waals surface area (Å²) < 4.78 is 15.4.